The van der Waals surface area contributed by atoms with Gasteiger partial charge >= 0.3 is 10.1 Å². The predicted octanol–water partition coefficient (Wildman–Crippen LogP) is 7.00. The molecular formula is C23H50NO3S+. The molecule has 4 nitrogen and oxygen atoms in total. The average molecular weight is 421 g/mol. The zero-order valence-corrected chi connectivity index (χ0v) is 20.3. The zero-order chi connectivity index (χ0) is 21.1. The van der Waals surface area contributed by atoms with E-state index < -0.39 is 10.1 Å². The fraction of sp³-hybridized carbons (Fsp3) is 1.00. The molecule has 0 aromatic carbocycles. The number of unbranched alkanes of at least 4 members (excludes halogenated alkanes) is 15. The fourth-order valence-corrected chi connectivity index (χ4v) is 4.94. The van der Waals surface area contributed by atoms with Gasteiger partial charge in [0.25, 0.3) is 0 Å². The van der Waals surface area contributed by atoms with Gasteiger partial charge in [-0.3, -0.25) is 0 Å². The summed E-state index contributed by atoms with van der Waals surface area (Å²) in [5.74, 6) is 0.105. The van der Waals surface area contributed by atoms with Crippen LogP contribution in [-0.2, 0) is 14.4 Å². The molecule has 28 heavy (non-hydrogen) atoms. The summed E-state index contributed by atoms with van der Waals surface area (Å²) in [4.78, 5) is 0. The van der Waals surface area contributed by atoms with E-state index in [4.69, 9.17) is 4.28 Å². The predicted molar refractivity (Wildman–Crippen MR) is 122 cm³/mol. The van der Waals surface area contributed by atoms with Gasteiger partial charge in [0.1, 0.15) is 6.54 Å². The Morgan fingerprint density at radius 3 is 1.29 bits per heavy atom. The Morgan fingerprint density at radius 2 is 0.929 bits per heavy atom. The van der Waals surface area contributed by atoms with Gasteiger partial charge in [0.05, 0.1) is 19.8 Å². The van der Waals surface area contributed by atoms with E-state index in [1.54, 1.807) is 0 Å². The summed E-state index contributed by atoms with van der Waals surface area (Å²) in [6.45, 7) is 4.89. The molecule has 0 unspecified atom stereocenters. The van der Waals surface area contributed by atoms with Crippen molar-refractivity contribution >= 4 is 10.1 Å². The van der Waals surface area contributed by atoms with Gasteiger partial charge in [0, 0.05) is 0 Å². The molecule has 0 aromatic rings. The van der Waals surface area contributed by atoms with Crippen molar-refractivity contribution in [3.8, 4) is 0 Å². The van der Waals surface area contributed by atoms with E-state index in [0.717, 1.165) is 19.4 Å². The number of hydrogen-bond acceptors (Lipinski definition) is 3. The number of hydroxylamine groups is 3. The van der Waals surface area contributed by atoms with E-state index in [0.29, 0.717) is 6.42 Å². The van der Waals surface area contributed by atoms with Gasteiger partial charge < -0.3 is 0 Å². The topological polar surface area (TPSA) is 43.4 Å². The Bertz CT molecular complexity index is 435. The molecule has 5 heteroatoms. The lowest BCUT2D eigenvalue weighted by Crippen LogP contribution is -2.42. The SMILES string of the molecule is CCCCCCCCCCCCCCCCCC[N+](C)(C)OS(=O)(=O)CCC. The molecule has 0 aromatic heterocycles. The van der Waals surface area contributed by atoms with Crippen molar-refractivity contribution < 1.29 is 17.3 Å². The van der Waals surface area contributed by atoms with Crippen LogP contribution in [0, 0.1) is 0 Å². The van der Waals surface area contributed by atoms with E-state index in [-0.39, 0.29) is 10.4 Å². The van der Waals surface area contributed by atoms with Crippen LogP contribution in [0.2, 0.25) is 0 Å². The number of hydrogen-bond donors (Lipinski definition) is 0. The Morgan fingerprint density at radius 1 is 0.571 bits per heavy atom. The molecule has 0 aliphatic heterocycles. The van der Waals surface area contributed by atoms with Crippen LogP contribution in [0.15, 0.2) is 0 Å². The molecule has 0 atom stereocenters. The highest BCUT2D eigenvalue weighted by atomic mass is 32.2. The Balaban J connectivity index is 3.39. The third-order valence-corrected chi connectivity index (χ3v) is 6.86. The molecular weight excluding hydrogens is 370 g/mol. The quantitative estimate of drug-likeness (QED) is 0.114. The van der Waals surface area contributed by atoms with Gasteiger partial charge in [-0.1, -0.05) is 108 Å². The highest BCUT2D eigenvalue weighted by molar-refractivity contribution is 7.86. The minimum Gasteiger partial charge on any atom is -0.194 e. The van der Waals surface area contributed by atoms with Crippen molar-refractivity contribution in [1.82, 2.24) is 0 Å². The van der Waals surface area contributed by atoms with E-state index in [2.05, 4.69) is 6.92 Å². The fourth-order valence-electron chi connectivity index (χ4n) is 3.67. The summed E-state index contributed by atoms with van der Waals surface area (Å²) in [6.07, 6.45) is 22.2. The normalized spacial score (nSPS) is 12.6. The third kappa shape index (κ3) is 19.2. The summed E-state index contributed by atoms with van der Waals surface area (Å²) in [5.41, 5.74) is 0. The maximum absolute atomic E-state index is 11.8. The lowest BCUT2D eigenvalue weighted by Gasteiger charge is -2.25. The molecule has 0 aliphatic rings. The molecule has 0 aliphatic carbocycles. The first kappa shape index (κ1) is 27.9. The monoisotopic (exact) mass is 420 g/mol. The summed E-state index contributed by atoms with van der Waals surface area (Å²) in [6, 6.07) is 0. The standard InChI is InChI=1S/C23H50NO3S/c1-5-7-8-9-10-11-12-13-14-15-16-17-18-19-20-21-22-24(3,4)27-28(25,26)23-6-2/h5-23H2,1-4H3/q+1. The first-order chi connectivity index (χ1) is 13.3. The molecule has 0 rings (SSSR count). The Kier molecular flexibility index (Phi) is 17.6. The van der Waals surface area contributed by atoms with Gasteiger partial charge in [-0.2, -0.15) is 13.1 Å². The smallest absolute Gasteiger partial charge is 0.194 e. The van der Waals surface area contributed by atoms with Crippen molar-refractivity contribution in [2.75, 3.05) is 26.4 Å². The Labute approximate surface area is 177 Å². The van der Waals surface area contributed by atoms with Gasteiger partial charge in [-0.15, -0.1) is 0 Å². The van der Waals surface area contributed by atoms with Crippen molar-refractivity contribution in [3.63, 3.8) is 0 Å². The lowest BCUT2D eigenvalue weighted by molar-refractivity contribution is -1.05. The molecule has 0 spiro atoms. The van der Waals surface area contributed by atoms with Crippen LogP contribution in [0.3, 0.4) is 0 Å². The van der Waals surface area contributed by atoms with E-state index in [1.807, 2.05) is 21.0 Å². The zero-order valence-electron chi connectivity index (χ0n) is 19.5. The van der Waals surface area contributed by atoms with Crippen molar-refractivity contribution in [1.29, 1.82) is 0 Å². The highest BCUT2D eigenvalue weighted by Gasteiger charge is 2.25. The molecule has 0 bridgehead atoms. The van der Waals surface area contributed by atoms with Gasteiger partial charge in [-0.05, 0) is 19.3 Å². The second-order valence-corrected chi connectivity index (χ2v) is 10.6. The van der Waals surface area contributed by atoms with Crippen LogP contribution in [0.25, 0.3) is 0 Å². The maximum atomic E-state index is 11.8. The Hall–Kier alpha value is -0.130. The number of rotatable bonds is 21. The first-order valence-corrected chi connectivity index (χ1v) is 13.7. The summed E-state index contributed by atoms with van der Waals surface area (Å²) >= 11 is 0. The van der Waals surface area contributed by atoms with Crippen LogP contribution < -0.4 is 0 Å². The summed E-state index contributed by atoms with van der Waals surface area (Å²) < 4.78 is 29.0. The van der Waals surface area contributed by atoms with E-state index >= 15 is 0 Å². The van der Waals surface area contributed by atoms with Gasteiger partial charge in [0.15, 0.2) is 0 Å². The highest BCUT2D eigenvalue weighted by Crippen LogP contribution is 2.15. The van der Waals surface area contributed by atoms with E-state index in [1.165, 1.54) is 89.9 Å². The van der Waals surface area contributed by atoms with Crippen molar-refractivity contribution in [2.24, 2.45) is 0 Å². The van der Waals surface area contributed by atoms with Crippen LogP contribution in [0.4, 0.5) is 0 Å². The number of nitrogens with zero attached hydrogens (tertiary/aromatic N) is 1. The van der Waals surface area contributed by atoms with Crippen LogP contribution in [0.5, 0.6) is 0 Å². The van der Waals surface area contributed by atoms with Gasteiger partial charge in [-0.25, -0.2) is 0 Å². The number of quaternary nitrogens is 1. The maximum Gasteiger partial charge on any atom is 0.314 e. The minimum absolute atomic E-state index is 0.105. The average Bonchev–Trinajstić information content (AvgIpc) is 2.60. The molecule has 0 N–H and O–H groups in total. The summed E-state index contributed by atoms with van der Waals surface area (Å²) in [5, 5.41) is 0. The van der Waals surface area contributed by atoms with Crippen molar-refractivity contribution in [2.45, 2.75) is 123 Å². The molecule has 0 fully saturated rings. The molecule has 170 valence electrons. The second kappa shape index (κ2) is 17.7. The minimum atomic E-state index is -3.39. The second-order valence-electron chi connectivity index (χ2n) is 8.94. The molecule has 0 amide bonds. The lowest BCUT2D eigenvalue weighted by atomic mass is 10.0. The molecule has 0 radical (unpaired) electrons. The molecule has 0 saturated carbocycles. The van der Waals surface area contributed by atoms with Gasteiger partial charge in [0.2, 0.25) is 0 Å². The van der Waals surface area contributed by atoms with Crippen molar-refractivity contribution in [3.05, 3.63) is 0 Å². The van der Waals surface area contributed by atoms with E-state index in [9.17, 15) is 8.42 Å². The van der Waals surface area contributed by atoms with Crippen LogP contribution in [0.1, 0.15) is 123 Å². The summed E-state index contributed by atoms with van der Waals surface area (Å²) in [7, 11) is 0.275. The van der Waals surface area contributed by atoms with Crippen LogP contribution >= 0.6 is 0 Å². The largest absolute Gasteiger partial charge is 0.314 e. The van der Waals surface area contributed by atoms with Crippen LogP contribution in [-0.4, -0.2) is 39.5 Å². The molecule has 0 heterocycles. The first-order valence-electron chi connectivity index (χ1n) is 12.1. The third-order valence-electron chi connectivity index (χ3n) is 5.32. The molecule has 0 saturated heterocycles.